The summed E-state index contributed by atoms with van der Waals surface area (Å²) in [6.07, 6.45) is 0. The number of nitrogens with zero attached hydrogens (tertiary/aromatic N) is 1. The number of nitrogens with one attached hydrogen (secondary N) is 1. The lowest BCUT2D eigenvalue weighted by molar-refractivity contribution is -0.141. The Bertz CT molecular complexity index is 534. The molecule has 1 aromatic rings. The highest BCUT2D eigenvalue weighted by atomic mass is 79.9. The van der Waals surface area contributed by atoms with E-state index in [0.29, 0.717) is 5.69 Å². The Morgan fingerprint density at radius 2 is 2.00 bits per heavy atom. The summed E-state index contributed by atoms with van der Waals surface area (Å²) < 4.78 is 0.895. The van der Waals surface area contributed by atoms with Crippen molar-refractivity contribution in [2.24, 2.45) is 0 Å². The van der Waals surface area contributed by atoms with Crippen LogP contribution >= 0.6 is 27.7 Å². The summed E-state index contributed by atoms with van der Waals surface area (Å²) in [5.74, 6) is -1.76. The molecule has 1 aliphatic heterocycles. The smallest absolute Gasteiger partial charge is 0.323 e. The molecular weight excluding hydrogens is 336 g/mol. The SMILES string of the molecule is O=C(O)CN1C(=O)SC(Nc2ccc(Br)cc2)C1=O. The number of anilines is 1. The molecular formula is C11H9BrN2O4S. The van der Waals surface area contributed by atoms with Crippen molar-refractivity contribution in [3.8, 4) is 0 Å². The Labute approximate surface area is 121 Å². The van der Waals surface area contributed by atoms with Crippen LogP contribution in [0.4, 0.5) is 10.5 Å². The Morgan fingerprint density at radius 3 is 2.58 bits per heavy atom. The fourth-order valence-corrected chi connectivity index (χ4v) is 2.68. The summed E-state index contributed by atoms with van der Waals surface area (Å²) in [6.45, 7) is -0.608. The van der Waals surface area contributed by atoms with Gasteiger partial charge in [-0.3, -0.25) is 19.3 Å². The van der Waals surface area contributed by atoms with Crippen LogP contribution in [0.2, 0.25) is 0 Å². The van der Waals surface area contributed by atoms with Crippen LogP contribution in [-0.4, -0.2) is 39.0 Å². The molecule has 8 heteroatoms. The molecule has 2 rings (SSSR count). The summed E-state index contributed by atoms with van der Waals surface area (Å²) in [5, 5.41) is 10.2. The van der Waals surface area contributed by atoms with Gasteiger partial charge in [-0.1, -0.05) is 15.9 Å². The van der Waals surface area contributed by atoms with Gasteiger partial charge >= 0.3 is 5.97 Å². The lowest BCUT2D eigenvalue weighted by Crippen LogP contribution is -2.37. The quantitative estimate of drug-likeness (QED) is 0.868. The van der Waals surface area contributed by atoms with E-state index in [1.54, 1.807) is 24.3 Å². The molecule has 1 atom stereocenters. The summed E-state index contributed by atoms with van der Waals surface area (Å²) in [7, 11) is 0. The molecule has 2 amide bonds. The first-order chi connectivity index (χ1) is 8.97. The van der Waals surface area contributed by atoms with Gasteiger partial charge < -0.3 is 10.4 Å². The van der Waals surface area contributed by atoms with E-state index >= 15 is 0 Å². The Morgan fingerprint density at radius 1 is 1.37 bits per heavy atom. The third-order valence-electron chi connectivity index (χ3n) is 2.36. The lowest BCUT2D eigenvalue weighted by Gasteiger charge is -2.12. The van der Waals surface area contributed by atoms with Gasteiger partial charge in [0, 0.05) is 10.2 Å². The first-order valence-corrected chi connectivity index (χ1v) is 6.90. The van der Waals surface area contributed by atoms with Gasteiger partial charge in [0.25, 0.3) is 11.1 Å². The second-order valence-electron chi connectivity index (χ2n) is 3.73. The molecule has 0 radical (unpaired) electrons. The highest BCUT2D eigenvalue weighted by Gasteiger charge is 2.40. The maximum atomic E-state index is 11.9. The molecule has 2 N–H and O–H groups in total. The van der Waals surface area contributed by atoms with E-state index in [4.69, 9.17) is 5.11 Å². The number of amides is 2. The van der Waals surface area contributed by atoms with Gasteiger partial charge in [0.2, 0.25) is 0 Å². The van der Waals surface area contributed by atoms with E-state index in [2.05, 4.69) is 21.2 Å². The third-order valence-corrected chi connectivity index (χ3v) is 3.87. The molecule has 0 aliphatic carbocycles. The largest absolute Gasteiger partial charge is 0.480 e. The average molecular weight is 345 g/mol. The fraction of sp³-hybridized carbons (Fsp3) is 0.182. The third kappa shape index (κ3) is 3.27. The Balaban J connectivity index is 2.06. The zero-order valence-electron chi connectivity index (χ0n) is 9.50. The molecule has 19 heavy (non-hydrogen) atoms. The second-order valence-corrected chi connectivity index (χ2v) is 5.71. The monoisotopic (exact) mass is 344 g/mol. The van der Waals surface area contributed by atoms with Gasteiger partial charge in [0.15, 0.2) is 5.37 Å². The number of benzene rings is 1. The lowest BCUT2D eigenvalue weighted by atomic mass is 10.3. The van der Waals surface area contributed by atoms with Crippen molar-refractivity contribution >= 4 is 50.5 Å². The van der Waals surface area contributed by atoms with Gasteiger partial charge in [0.05, 0.1) is 0 Å². The van der Waals surface area contributed by atoms with E-state index in [1.807, 2.05) is 0 Å². The summed E-state index contributed by atoms with van der Waals surface area (Å²) >= 11 is 4.06. The zero-order chi connectivity index (χ0) is 14.0. The van der Waals surface area contributed by atoms with Crippen LogP contribution in [-0.2, 0) is 9.59 Å². The fourth-order valence-electron chi connectivity index (χ4n) is 1.51. The van der Waals surface area contributed by atoms with Crippen molar-refractivity contribution in [1.29, 1.82) is 0 Å². The molecule has 1 unspecified atom stereocenters. The molecule has 6 nitrogen and oxygen atoms in total. The summed E-state index contributed by atoms with van der Waals surface area (Å²) in [4.78, 5) is 34.7. The summed E-state index contributed by atoms with van der Waals surface area (Å²) in [5.41, 5.74) is 0.680. The van der Waals surface area contributed by atoms with Crippen LogP contribution in [0.25, 0.3) is 0 Å². The van der Waals surface area contributed by atoms with Crippen LogP contribution in [0.1, 0.15) is 0 Å². The molecule has 1 heterocycles. The molecule has 0 bridgehead atoms. The maximum absolute atomic E-state index is 11.9. The number of carbonyl (C=O) groups is 3. The normalized spacial score (nSPS) is 18.8. The number of carboxylic acids is 1. The average Bonchev–Trinajstić information content (AvgIpc) is 2.60. The van der Waals surface area contributed by atoms with E-state index in [1.165, 1.54) is 0 Å². The van der Waals surface area contributed by atoms with Crippen LogP contribution in [0.15, 0.2) is 28.7 Å². The molecule has 1 fully saturated rings. The van der Waals surface area contributed by atoms with E-state index < -0.39 is 29.0 Å². The van der Waals surface area contributed by atoms with E-state index in [-0.39, 0.29) is 0 Å². The van der Waals surface area contributed by atoms with Gasteiger partial charge in [-0.15, -0.1) is 0 Å². The van der Waals surface area contributed by atoms with Crippen molar-refractivity contribution in [3.63, 3.8) is 0 Å². The minimum atomic E-state index is -1.22. The second kappa shape index (κ2) is 5.62. The number of rotatable bonds is 4. The molecule has 1 aromatic carbocycles. The van der Waals surface area contributed by atoms with Crippen LogP contribution in [0.5, 0.6) is 0 Å². The van der Waals surface area contributed by atoms with Gasteiger partial charge in [0.1, 0.15) is 6.54 Å². The first-order valence-electron chi connectivity index (χ1n) is 5.23. The van der Waals surface area contributed by atoms with Gasteiger partial charge in [-0.2, -0.15) is 0 Å². The first kappa shape index (κ1) is 13.9. The van der Waals surface area contributed by atoms with Crippen LogP contribution in [0.3, 0.4) is 0 Å². The number of thioether (sulfide) groups is 1. The number of hydrogen-bond donors (Lipinski definition) is 2. The number of carboxylic acid groups (broad SMARTS) is 1. The molecule has 100 valence electrons. The minimum absolute atomic E-state index is 0.541. The highest BCUT2D eigenvalue weighted by Crippen LogP contribution is 2.28. The Hall–Kier alpha value is -1.54. The number of aliphatic carboxylic acids is 1. The molecule has 0 saturated carbocycles. The minimum Gasteiger partial charge on any atom is -0.480 e. The number of halogens is 1. The van der Waals surface area contributed by atoms with Gasteiger partial charge in [-0.05, 0) is 36.0 Å². The molecule has 1 saturated heterocycles. The predicted octanol–water partition coefficient (Wildman–Crippen LogP) is 1.97. The molecule has 0 aromatic heterocycles. The topological polar surface area (TPSA) is 86.7 Å². The number of hydrogen-bond acceptors (Lipinski definition) is 5. The molecule has 1 aliphatic rings. The predicted molar refractivity (Wildman–Crippen MR) is 73.9 cm³/mol. The van der Waals surface area contributed by atoms with Crippen molar-refractivity contribution in [1.82, 2.24) is 4.90 Å². The van der Waals surface area contributed by atoms with Crippen molar-refractivity contribution in [3.05, 3.63) is 28.7 Å². The zero-order valence-corrected chi connectivity index (χ0v) is 11.9. The van der Waals surface area contributed by atoms with E-state index in [9.17, 15) is 14.4 Å². The van der Waals surface area contributed by atoms with Crippen molar-refractivity contribution in [2.45, 2.75) is 5.37 Å². The van der Waals surface area contributed by atoms with Crippen LogP contribution in [0, 0.1) is 0 Å². The maximum Gasteiger partial charge on any atom is 0.323 e. The standard InChI is InChI=1S/C11H9BrN2O4S/c12-6-1-3-7(4-2-6)13-9-10(17)14(5-8(15)16)11(18)19-9/h1-4,9,13H,5H2,(H,15,16). The number of imide groups is 1. The van der Waals surface area contributed by atoms with Crippen molar-refractivity contribution < 1.29 is 19.5 Å². The van der Waals surface area contributed by atoms with Gasteiger partial charge in [-0.25, -0.2) is 0 Å². The Kier molecular flexibility index (Phi) is 4.11. The van der Waals surface area contributed by atoms with E-state index in [0.717, 1.165) is 21.1 Å². The van der Waals surface area contributed by atoms with Crippen molar-refractivity contribution in [2.75, 3.05) is 11.9 Å². The van der Waals surface area contributed by atoms with Crippen LogP contribution < -0.4 is 5.32 Å². The summed E-state index contributed by atoms with van der Waals surface area (Å²) in [6, 6.07) is 7.09. The highest BCUT2D eigenvalue weighted by molar-refractivity contribution is 9.10. The molecule has 0 spiro atoms. The number of carbonyl (C=O) groups excluding carboxylic acids is 2.